The first kappa shape index (κ1) is 22.7. The molecule has 2 nitrogen and oxygen atoms in total. The lowest BCUT2D eigenvalue weighted by Gasteiger charge is -2.41. The fourth-order valence-electron chi connectivity index (χ4n) is 6.29. The van der Waals surface area contributed by atoms with Gasteiger partial charge in [-0.1, -0.05) is 45.4 Å². The number of aliphatic hydroxyl groups excluding tert-OH is 1. The number of hydrogen-bond donors (Lipinski definition) is 1. The number of aryl methyl sites for hydroxylation is 3. The van der Waals surface area contributed by atoms with E-state index in [-0.39, 0.29) is 41.1 Å². The molecular weight excluding hydrogens is 406 g/mol. The number of halogens is 2. The zero-order valence-corrected chi connectivity index (χ0v) is 19.5. The molecule has 1 N–H and O–H groups in total. The number of carbonyl (C=O) groups is 1. The molecule has 0 aromatic heterocycles. The Morgan fingerprint density at radius 3 is 2.03 bits per heavy atom. The van der Waals surface area contributed by atoms with Crippen LogP contribution in [0.25, 0.3) is 5.57 Å². The molecule has 5 atom stereocenters. The van der Waals surface area contributed by atoms with E-state index >= 15 is 0 Å². The summed E-state index contributed by atoms with van der Waals surface area (Å²) in [6.07, 6.45) is 2.21. The van der Waals surface area contributed by atoms with Crippen molar-refractivity contribution in [3.8, 4) is 0 Å². The minimum Gasteiger partial charge on any atom is -0.511 e. The first-order chi connectivity index (χ1) is 15.2. The van der Waals surface area contributed by atoms with Crippen LogP contribution in [0.1, 0.15) is 67.9 Å². The van der Waals surface area contributed by atoms with Crippen molar-refractivity contribution in [1.29, 1.82) is 0 Å². The second-order valence-corrected chi connectivity index (χ2v) is 9.72. The number of benzene rings is 2. The van der Waals surface area contributed by atoms with Gasteiger partial charge in [0.2, 0.25) is 0 Å². The maximum Gasteiger partial charge on any atom is 0.170 e. The van der Waals surface area contributed by atoms with Crippen LogP contribution in [0.3, 0.4) is 0 Å². The number of allylic oxidation sites excluding steroid dienone is 2. The van der Waals surface area contributed by atoms with Gasteiger partial charge in [-0.3, -0.25) is 4.79 Å². The van der Waals surface area contributed by atoms with Gasteiger partial charge in [0.25, 0.3) is 0 Å². The average molecular weight is 439 g/mol. The maximum absolute atomic E-state index is 13.9. The minimum absolute atomic E-state index is 0.000259. The molecule has 0 radical (unpaired) electrons. The number of aliphatic hydroxyl groups is 1. The van der Waals surface area contributed by atoms with Gasteiger partial charge in [-0.25, -0.2) is 8.78 Å². The van der Waals surface area contributed by atoms with Crippen LogP contribution in [0.4, 0.5) is 8.78 Å². The smallest absolute Gasteiger partial charge is 0.170 e. The molecule has 170 valence electrons. The molecule has 2 aliphatic rings. The van der Waals surface area contributed by atoms with Crippen LogP contribution in [-0.4, -0.2) is 10.9 Å². The van der Waals surface area contributed by atoms with Gasteiger partial charge in [-0.05, 0) is 78.3 Å². The van der Waals surface area contributed by atoms with E-state index < -0.39 is 11.6 Å². The molecular formula is C28H32F2O2. The highest BCUT2D eigenvalue weighted by Gasteiger charge is 2.53. The molecule has 4 heteroatoms. The highest BCUT2D eigenvalue weighted by atomic mass is 19.1. The number of ketones is 1. The monoisotopic (exact) mass is 438 g/mol. The van der Waals surface area contributed by atoms with E-state index in [2.05, 4.69) is 32.9 Å². The molecule has 2 aliphatic carbocycles. The second kappa shape index (κ2) is 8.46. The molecule has 0 spiro atoms. The Balaban J connectivity index is 1.84. The quantitative estimate of drug-likeness (QED) is 0.561. The molecule has 0 aliphatic heterocycles. The lowest BCUT2D eigenvalue weighted by atomic mass is 9.62. The average Bonchev–Trinajstić information content (AvgIpc) is 3.00. The van der Waals surface area contributed by atoms with Crippen molar-refractivity contribution in [2.24, 2.45) is 23.7 Å². The van der Waals surface area contributed by atoms with Crippen LogP contribution in [0.15, 0.2) is 36.1 Å². The lowest BCUT2D eigenvalue weighted by molar-refractivity contribution is -0.121. The normalized spacial score (nSPS) is 27.7. The Hall–Kier alpha value is -2.49. The van der Waals surface area contributed by atoms with Crippen LogP contribution < -0.4 is 0 Å². The van der Waals surface area contributed by atoms with Crippen molar-refractivity contribution in [3.63, 3.8) is 0 Å². The third-order valence-corrected chi connectivity index (χ3v) is 7.72. The molecule has 2 aromatic rings. The summed E-state index contributed by atoms with van der Waals surface area (Å²) in [5, 5.41) is 11.5. The van der Waals surface area contributed by atoms with Crippen LogP contribution in [-0.2, 0) is 17.6 Å². The van der Waals surface area contributed by atoms with Crippen LogP contribution in [0, 0.1) is 42.2 Å². The highest BCUT2D eigenvalue weighted by molar-refractivity contribution is 6.25. The highest BCUT2D eigenvalue weighted by Crippen LogP contribution is 2.55. The number of fused-ring (bicyclic) bond motifs is 1. The molecule has 0 bridgehead atoms. The Bertz CT molecular complexity index is 1060. The maximum atomic E-state index is 13.9. The molecule has 0 saturated heterocycles. The Morgan fingerprint density at radius 2 is 1.50 bits per heavy atom. The lowest BCUT2D eigenvalue weighted by Crippen LogP contribution is -2.38. The predicted octanol–water partition coefficient (Wildman–Crippen LogP) is 6.94. The van der Waals surface area contributed by atoms with E-state index in [9.17, 15) is 18.7 Å². The Morgan fingerprint density at radius 1 is 0.938 bits per heavy atom. The van der Waals surface area contributed by atoms with Gasteiger partial charge in [0, 0.05) is 17.9 Å². The summed E-state index contributed by atoms with van der Waals surface area (Å²) in [6, 6.07) is 7.87. The van der Waals surface area contributed by atoms with Crippen LogP contribution in [0.2, 0.25) is 0 Å². The van der Waals surface area contributed by atoms with E-state index in [0.717, 1.165) is 41.2 Å². The molecule has 0 amide bonds. The van der Waals surface area contributed by atoms with Gasteiger partial charge in [0.05, 0.1) is 5.57 Å². The van der Waals surface area contributed by atoms with E-state index in [1.54, 1.807) is 0 Å². The molecule has 4 rings (SSSR count). The molecule has 32 heavy (non-hydrogen) atoms. The van der Waals surface area contributed by atoms with Crippen molar-refractivity contribution < 1.29 is 18.7 Å². The Kier molecular flexibility index (Phi) is 6.00. The van der Waals surface area contributed by atoms with Gasteiger partial charge < -0.3 is 5.11 Å². The van der Waals surface area contributed by atoms with Crippen molar-refractivity contribution in [1.82, 2.24) is 0 Å². The summed E-state index contributed by atoms with van der Waals surface area (Å²) in [5.41, 5.74) is 5.29. The summed E-state index contributed by atoms with van der Waals surface area (Å²) < 4.78 is 27.9. The van der Waals surface area contributed by atoms with Crippen molar-refractivity contribution in [2.75, 3.05) is 0 Å². The fraction of sp³-hybridized carbons (Fsp3) is 0.464. The topological polar surface area (TPSA) is 37.3 Å². The molecule has 1 fully saturated rings. The SMILES string of the molecule is CCc1cc(C)cc(CC)c1C1=C(O)[C@@H]2C(C)C(c3cc(F)cc(F)c3)CC(C)[C@@H]2C1=O. The summed E-state index contributed by atoms with van der Waals surface area (Å²) in [4.78, 5) is 13.7. The zero-order chi connectivity index (χ0) is 23.3. The molecule has 0 heterocycles. The number of rotatable bonds is 4. The first-order valence-corrected chi connectivity index (χ1v) is 11.7. The van der Waals surface area contributed by atoms with E-state index in [4.69, 9.17) is 0 Å². The van der Waals surface area contributed by atoms with Crippen molar-refractivity contribution in [2.45, 2.75) is 59.8 Å². The number of carbonyl (C=O) groups excluding carboxylic acids is 1. The number of hydrogen-bond acceptors (Lipinski definition) is 2. The number of Topliss-reactive ketones (excluding diaryl/α,β-unsaturated/α-hetero) is 1. The minimum atomic E-state index is -0.593. The van der Waals surface area contributed by atoms with Gasteiger partial charge in [0.15, 0.2) is 5.78 Å². The largest absolute Gasteiger partial charge is 0.511 e. The van der Waals surface area contributed by atoms with E-state index in [0.29, 0.717) is 17.6 Å². The first-order valence-electron chi connectivity index (χ1n) is 11.7. The van der Waals surface area contributed by atoms with Gasteiger partial charge in [0.1, 0.15) is 17.4 Å². The van der Waals surface area contributed by atoms with Gasteiger partial charge in [-0.2, -0.15) is 0 Å². The summed E-state index contributed by atoms with van der Waals surface area (Å²) >= 11 is 0. The summed E-state index contributed by atoms with van der Waals surface area (Å²) in [6.45, 7) is 10.2. The third-order valence-electron chi connectivity index (χ3n) is 7.72. The molecule has 2 aromatic carbocycles. The molecule has 1 saturated carbocycles. The van der Waals surface area contributed by atoms with Gasteiger partial charge >= 0.3 is 0 Å². The fourth-order valence-corrected chi connectivity index (χ4v) is 6.29. The molecule has 3 unspecified atom stereocenters. The van der Waals surface area contributed by atoms with Gasteiger partial charge in [-0.15, -0.1) is 0 Å². The van der Waals surface area contributed by atoms with Crippen molar-refractivity contribution >= 4 is 11.4 Å². The predicted molar refractivity (Wildman–Crippen MR) is 124 cm³/mol. The zero-order valence-electron chi connectivity index (χ0n) is 19.5. The van der Waals surface area contributed by atoms with E-state index in [1.165, 1.54) is 12.1 Å². The summed E-state index contributed by atoms with van der Waals surface area (Å²) in [5.74, 6) is -1.88. The second-order valence-electron chi connectivity index (χ2n) is 9.72. The Labute approximate surface area is 189 Å². The standard InChI is InChI=1S/C28H32F2O2/c1-6-17-8-14(3)9-18(7-2)25(17)26-27(31)23-15(4)10-22(16(5)24(23)28(26)32)19-11-20(29)13-21(30)12-19/h8-9,11-13,15-16,22-24,32H,6-7,10H2,1-5H3/t15?,16?,22?,23-,24+/m0/s1. The van der Waals surface area contributed by atoms with Crippen molar-refractivity contribution in [3.05, 3.63) is 75.5 Å². The van der Waals surface area contributed by atoms with Crippen LogP contribution >= 0.6 is 0 Å². The summed E-state index contributed by atoms with van der Waals surface area (Å²) in [7, 11) is 0. The van der Waals surface area contributed by atoms with Crippen LogP contribution in [0.5, 0.6) is 0 Å². The van der Waals surface area contributed by atoms with E-state index in [1.807, 2.05) is 13.8 Å². The third kappa shape index (κ3) is 3.58.